The Balaban J connectivity index is 0.958. The van der Waals surface area contributed by atoms with Crippen molar-refractivity contribution in [2.24, 2.45) is 0 Å². The third kappa shape index (κ3) is 6.14. The van der Waals surface area contributed by atoms with Gasteiger partial charge in [0.2, 0.25) is 0 Å². The second-order valence-electron chi connectivity index (χ2n) is 14.2. The summed E-state index contributed by atoms with van der Waals surface area (Å²) in [7, 11) is 0. The highest BCUT2D eigenvalue weighted by Gasteiger charge is 2.16. The summed E-state index contributed by atoms with van der Waals surface area (Å²) in [4.78, 5) is 2.33. The third-order valence-corrected chi connectivity index (χ3v) is 10.8. The average molecular weight is 715 g/mol. The molecular weight excluding hydrogens is 677 g/mol. The zero-order valence-corrected chi connectivity index (χ0v) is 30.8. The molecule has 2 heteroatoms. The van der Waals surface area contributed by atoms with Crippen LogP contribution in [-0.4, -0.2) is 4.57 Å². The number of para-hydroxylation sites is 4. The predicted octanol–water partition coefficient (Wildman–Crippen LogP) is 14.9. The fourth-order valence-corrected chi connectivity index (χ4v) is 8.07. The van der Waals surface area contributed by atoms with E-state index in [1.165, 1.54) is 72.0 Å². The van der Waals surface area contributed by atoms with Crippen LogP contribution in [0.4, 0.5) is 17.1 Å². The van der Waals surface area contributed by atoms with Crippen molar-refractivity contribution in [1.82, 2.24) is 4.57 Å². The summed E-state index contributed by atoms with van der Waals surface area (Å²) in [6, 6.07) is 82.9. The predicted molar refractivity (Wildman–Crippen MR) is 237 cm³/mol. The highest BCUT2D eigenvalue weighted by molar-refractivity contribution is 6.09. The molecule has 0 aliphatic rings. The van der Waals surface area contributed by atoms with E-state index in [0.29, 0.717) is 0 Å². The zero-order chi connectivity index (χ0) is 37.3. The molecule has 0 saturated carbocycles. The highest BCUT2D eigenvalue weighted by Crippen LogP contribution is 2.39. The third-order valence-electron chi connectivity index (χ3n) is 10.8. The average Bonchev–Trinajstić information content (AvgIpc) is 3.62. The first kappa shape index (κ1) is 33.2. The molecule has 0 bridgehead atoms. The van der Waals surface area contributed by atoms with Gasteiger partial charge in [0.15, 0.2) is 0 Å². The normalized spacial score (nSPS) is 11.2. The number of benzene rings is 9. The van der Waals surface area contributed by atoms with Gasteiger partial charge in [-0.1, -0.05) is 176 Å². The SMILES string of the molecule is c1ccc(-c2ccc(-c3cccc(N(c4ccccc4)c4ccc(-c5ccc(-c6ccccc6-n6c7ccccc7c7ccccc76)cc5)cc4)c3)cc2)cc1. The fraction of sp³-hybridized carbons (Fsp3) is 0. The van der Waals surface area contributed by atoms with Gasteiger partial charge in [0.25, 0.3) is 0 Å². The van der Waals surface area contributed by atoms with E-state index in [9.17, 15) is 0 Å². The molecule has 0 aliphatic heterocycles. The molecule has 0 aliphatic carbocycles. The lowest BCUT2D eigenvalue weighted by atomic mass is 9.98. The Hall–Kier alpha value is -7.42. The Bertz CT molecular complexity index is 2870. The van der Waals surface area contributed by atoms with E-state index < -0.39 is 0 Å². The quantitative estimate of drug-likeness (QED) is 0.152. The maximum atomic E-state index is 2.41. The lowest BCUT2D eigenvalue weighted by molar-refractivity contribution is 1.18. The van der Waals surface area contributed by atoms with Crippen LogP contribution in [0.25, 0.3) is 72.0 Å². The molecule has 0 spiro atoms. The Morgan fingerprint density at radius 3 is 1.30 bits per heavy atom. The van der Waals surface area contributed by atoms with Crippen LogP contribution in [0.1, 0.15) is 0 Å². The Labute approximate surface area is 327 Å². The van der Waals surface area contributed by atoms with Crippen LogP contribution < -0.4 is 4.90 Å². The van der Waals surface area contributed by atoms with E-state index in [-0.39, 0.29) is 0 Å². The molecule has 0 unspecified atom stereocenters. The number of hydrogen-bond acceptors (Lipinski definition) is 1. The van der Waals surface area contributed by atoms with Gasteiger partial charge < -0.3 is 9.47 Å². The Kier molecular flexibility index (Phi) is 8.55. The number of rotatable bonds is 8. The van der Waals surface area contributed by atoms with Gasteiger partial charge in [-0.2, -0.15) is 0 Å². The first-order chi connectivity index (χ1) is 27.8. The van der Waals surface area contributed by atoms with Crippen molar-refractivity contribution in [3.05, 3.63) is 231 Å². The van der Waals surface area contributed by atoms with Gasteiger partial charge >= 0.3 is 0 Å². The summed E-state index contributed by atoms with van der Waals surface area (Å²) >= 11 is 0. The molecular formula is C54H38N2. The van der Waals surface area contributed by atoms with E-state index in [4.69, 9.17) is 0 Å². The van der Waals surface area contributed by atoms with E-state index in [1.807, 2.05) is 0 Å². The lowest BCUT2D eigenvalue weighted by Gasteiger charge is -2.26. The minimum atomic E-state index is 1.10. The zero-order valence-electron chi connectivity index (χ0n) is 30.8. The summed E-state index contributed by atoms with van der Waals surface area (Å²) in [5.74, 6) is 0. The topological polar surface area (TPSA) is 8.17 Å². The van der Waals surface area contributed by atoms with Gasteiger partial charge in [-0.3, -0.25) is 0 Å². The monoisotopic (exact) mass is 714 g/mol. The summed E-state index contributed by atoms with van der Waals surface area (Å²) < 4.78 is 2.41. The number of hydrogen-bond donors (Lipinski definition) is 0. The summed E-state index contributed by atoms with van der Waals surface area (Å²) in [5, 5.41) is 2.54. The van der Waals surface area contributed by atoms with E-state index >= 15 is 0 Å². The van der Waals surface area contributed by atoms with Gasteiger partial charge in [-0.25, -0.2) is 0 Å². The molecule has 0 fully saturated rings. The molecule has 10 aromatic rings. The molecule has 1 aromatic heterocycles. The molecule has 0 atom stereocenters. The second-order valence-corrected chi connectivity index (χ2v) is 14.2. The smallest absolute Gasteiger partial charge is 0.0541 e. The van der Waals surface area contributed by atoms with Crippen molar-refractivity contribution in [3.8, 4) is 50.2 Å². The van der Waals surface area contributed by atoms with E-state index in [2.05, 4.69) is 240 Å². The molecule has 10 rings (SSSR count). The molecule has 0 radical (unpaired) electrons. The van der Waals surface area contributed by atoms with Gasteiger partial charge in [-0.15, -0.1) is 0 Å². The number of aromatic nitrogens is 1. The minimum Gasteiger partial charge on any atom is -0.310 e. The largest absolute Gasteiger partial charge is 0.310 e. The first-order valence-electron chi connectivity index (χ1n) is 19.2. The van der Waals surface area contributed by atoms with Crippen molar-refractivity contribution in [1.29, 1.82) is 0 Å². The van der Waals surface area contributed by atoms with E-state index in [1.54, 1.807) is 0 Å². The number of anilines is 3. The fourth-order valence-electron chi connectivity index (χ4n) is 8.07. The standard InChI is InChI=1S/C54H38N2/c1-3-14-39(15-4-1)40-26-28-43(29-27-40)45-16-13-19-48(38-45)55(46-17-5-2-6-18-46)47-36-34-42(35-37-47)41-30-32-44(33-31-41)49-20-7-10-23-52(49)56-53-24-11-8-21-50(53)51-22-9-12-25-54(51)56/h1-38H. The van der Waals surface area contributed by atoms with Crippen LogP contribution in [-0.2, 0) is 0 Å². The number of fused-ring (bicyclic) bond motifs is 3. The molecule has 0 N–H and O–H groups in total. The summed E-state index contributed by atoms with van der Waals surface area (Å²) in [6.07, 6.45) is 0. The highest BCUT2D eigenvalue weighted by atomic mass is 15.1. The maximum absolute atomic E-state index is 2.41. The van der Waals surface area contributed by atoms with Crippen LogP contribution >= 0.6 is 0 Å². The van der Waals surface area contributed by atoms with Crippen molar-refractivity contribution < 1.29 is 0 Å². The van der Waals surface area contributed by atoms with Crippen molar-refractivity contribution in [2.75, 3.05) is 4.90 Å². The molecule has 9 aromatic carbocycles. The molecule has 264 valence electrons. The van der Waals surface area contributed by atoms with Crippen molar-refractivity contribution in [2.45, 2.75) is 0 Å². The van der Waals surface area contributed by atoms with Gasteiger partial charge in [0, 0.05) is 33.4 Å². The van der Waals surface area contributed by atoms with Crippen molar-refractivity contribution >= 4 is 38.9 Å². The summed E-state index contributed by atoms with van der Waals surface area (Å²) in [5.41, 5.74) is 16.5. The Morgan fingerprint density at radius 1 is 0.268 bits per heavy atom. The Morgan fingerprint density at radius 2 is 0.679 bits per heavy atom. The van der Waals surface area contributed by atoms with Crippen LogP contribution in [0.2, 0.25) is 0 Å². The van der Waals surface area contributed by atoms with Crippen LogP contribution in [0, 0.1) is 0 Å². The second kappa shape index (κ2) is 14.4. The van der Waals surface area contributed by atoms with Gasteiger partial charge in [0.1, 0.15) is 0 Å². The first-order valence-corrected chi connectivity index (χ1v) is 19.2. The molecule has 1 heterocycles. The van der Waals surface area contributed by atoms with Crippen LogP contribution in [0.15, 0.2) is 231 Å². The van der Waals surface area contributed by atoms with Crippen LogP contribution in [0.5, 0.6) is 0 Å². The molecule has 2 nitrogen and oxygen atoms in total. The van der Waals surface area contributed by atoms with Gasteiger partial charge in [0.05, 0.1) is 16.7 Å². The van der Waals surface area contributed by atoms with Crippen LogP contribution in [0.3, 0.4) is 0 Å². The number of nitrogens with zero attached hydrogens (tertiary/aromatic N) is 2. The van der Waals surface area contributed by atoms with Crippen molar-refractivity contribution in [3.63, 3.8) is 0 Å². The lowest BCUT2D eigenvalue weighted by Crippen LogP contribution is -2.09. The summed E-state index contributed by atoms with van der Waals surface area (Å²) in [6.45, 7) is 0. The van der Waals surface area contributed by atoms with Gasteiger partial charge in [-0.05, 0) is 93.5 Å². The van der Waals surface area contributed by atoms with E-state index in [0.717, 1.165) is 17.1 Å². The molecule has 0 saturated heterocycles. The molecule has 0 amide bonds. The maximum Gasteiger partial charge on any atom is 0.0541 e. The molecule has 56 heavy (non-hydrogen) atoms. The minimum absolute atomic E-state index is 1.10.